The molecule has 0 amide bonds. The monoisotopic (exact) mass is 430 g/mol. The second-order valence-corrected chi connectivity index (χ2v) is 7.15. The topological polar surface area (TPSA) is 30.4 Å². The maximum atomic E-state index is 13.5. The van der Waals surface area contributed by atoms with Gasteiger partial charge in [-0.25, -0.2) is 9.37 Å². The summed E-state index contributed by atoms with van der Waals surface area (Å²) in [6, 6.07) is 10.6. The normalized spacial score (nSPS) is 21.7. The third kappa shape index (κ3) is 3.27. The summed E-state index contributed by atoms with van der Waals surface area (Å²) < 4.78 is 61.2. The fourth-order valence-electron chi connectivity index (χ4n) is 3.34. The number of nitrogens with zero attached hydrogens (tertiary/aromatic N) is 2. The summed E-state index contributed by atoms with van der Waals surface area (Å²) in [6.45, 7) is 0.0635. The van der Waals surface area contributed by atoms with Crippen molar-refractivity contribution in [1.82, 2.24) is 9.55 Å². The van der Waals surface area contributed by atoms with Gasteiger partial charge < -0.3 is 9.30 Å². The van der Waals surface area contributed by atoms with Crippen LogP contribution in [0.1, 0.15) is 22.8 Å². The molecule has 1 aliphatic heterocycles. The third-order valence-corrected chi connectivity index (χ3v) is 5.48. The van der Waals surface area contributed by atoms with Crippen molar-refractivity contribution in [3.8, 4) is 0 Å². The zero-order chi connectivity index (χ0) is 20.1. The van der Waals surface area contributed by atoms with Crippen LogP contribution in [0.3, 0.4) is 0 Å². The molecule has 146 valence electrons. The van der Waals surface area contributed by atoms with E-state index in [1.807, 2.05) is 0 Å². The average molecular weight is 431 g/mol. The number of alkyl halides is 3. The van der Waals surface area contributed by atoms with Gasteiger partial charge in [-0.3, -0.25) is 0 Å². The van der Waals surface area contributed by atoms with Crippen molar-refractivity contribution in [3.05, 3.63) is 87.7 Å². The van der Waals surface area contributed by atoms with E-state index in [0.717, 1.165) is 6.07 Å². The van der Waals surface area contributed by atoms with Gasteiger partial charge >= 0.3 is 6.18 Å². The summed E-state index contributed by atoms with van der Waals surface area (Å²) in [5.41, 5.74) is -1.42. The number of imidazole rings is 1. The van der Waals surface area contributed by atoms with Crippen LogP contribution < -0.4 is 0 Å². The van der Waals surface area contributed by atoms with Gasteiger partial charge in [-0.15, -0.1) is 0 Å². The number of hydrogen-bond donors (Lipinski definition) is 0. The van der Waals surface area contributed by atoms with Gasteiger partial charge in [0, 0.05) is 0 Å². The van der Waals surface area contributed by atoms with Crippen molar-refractivity contribution in [3.63, 3.8) is 0 Å². The molecule has 0 bridgehead atoms. The fourth-order valence-corrected chi connectivity index (χ4v) is 3.65. The minimum Gasteiger partial charge on any atom is -0.354 e. The molecule has 0 radical (unpaired) electrons. The van der Waals surface area contributed by atoms with Crippen molar-refractivity contribution in [1.29, 1.82) is 0 Å². The lowest BCUT2D eigenvalue weighted by atomic mass is 9.89. The highest BCUT2D eigenvalue weighted by molar-refractivity contribution is 6.40. The molecule has 2 heterocycles. The van der Waals surface area contributed by atoms with Gasteiger partial charge in [0.2, 0.25) is 0 Å². The van der Waals surface area contributed by atoms with E-state index >= 15 is 0 Å². The zero-order valence-corrected chi connectivity index (χ0v) is 15.6. The number of rotatable bonds is 4. The van der Waals surface area contributed by atoms with Gasteiger partial charge in [-0.2, -0.15) is 13.2 Å². The molecule has 3 aromatic rings. The van der Waals surface area contributed by atoms with Gasteiger partial charge in [0.25, 0.3) is 0 Å². The van der Waals surface area contributed by atoms with E-state index in [1.165, 1.54) is 53.4 Å². The highest BCUT2D eigenvalue weighted by atomic mass is 35.5. The van der Waals surface area contributed by atoms with E-state index in [1.54, 1.807) is 0 Å². The number of aromatic nitrogens is 2. The Morgan fingerprint density at radius 1 is 1.07 bits per heavy atom. The first kappa shape index (κ1) is 19.2. The lowest BCUT2D eigenvalue weighted by molar-refractivity contribution is -0.138. The molecule has 2 aromatic carbocycles. The molecule has 0 saturated carbocycles. The van der Waals surface area contributed by atoms with Crippen molar-refractivity contribution < 1.29 is 22.3 Å². The number of benzene rings is 2. The summed E-state index contributed by atoms with van der Waals surface area (Å²) in [6.07, 6.45) is -4.05. The number of epoxide rings is 1. The predicted octanol–water partition coefficient (Wildman–Crippen LogP) is 6.01. The summed E-state index contributed by atoms with van der Waals surface area (Å²) in [5, 5.41) is 0.213. The first-order valence-electron chi connectivity index (χ1n) is 8.18. The molecule has 1 aliphatic rings. The zero-order valence-electron chi connectivity index (χ0n) is 14.1. The minimum atomic E-state index is -4.53. The van der Waals surface area contributed by atoms with Crippen LogP contribution in [0.25, 0.3) is 0 Å². The highest BCUT2D eigenvalue weighted by Gasteiger charge is 2.60. The van der Waals surface area contributed by atoms with E-state index in [4.69, 9.17) is 27.9 Å². The molecule has 1 saturated heterocycles. The fraction of sp³-hybridized carbons (Fsp3) is 0.211. The van der Waals surface area contributed by atoms with Crippen LogP contribution >= 0.6 is 23.2 Å². The molecule has 0 spiro atoms. The minimum absolute atomic E-state index is 0.00154. The largest absolute Gasteiger partial charge is 0.416 e. The number of ether oxygens (including phenoxy) is 1. The van der Waals surface area contributed by atoms with Crippen LogP contribution in [0.5, 0.6) is 0 Å². The molecule has 2 atom stereocenters. The molecule has 3 nitrogen and oxygen atoms in total. The van der Waals surface area contributed by atoms with Crippen LogP contribution in [0.4, 0.5) is 17.6 Å². The maximum absolute atomic E-state index is 13.5. The third-order valence-electron chi connectivity index (χ3n) is 4.71. The van der Waals surface area contributed by atoms with Gasteiger partial charge in [0.1, 0.15) is 22.7 Å². The summed E-state index contributed by atoms with van der Waals surface area (Å²) in [4.78, 5) is 3.89. The van der Waals surface area contributed by atoms with Crippen LogP contribution in [0.2, 0.25) is 10.3 Å². The molecule has 9 heteroatoms. The standard InChI is InChI=1S/C19H12Cl2F4N2O/c20-16-17(21)27(10-26-16)9-18(11-5-7-12(22)8-6-11)15(28-18)13-3-1-2-4-14(13)19(23,24)25/h1-8,10,15H,9H2. The van der Waals surface area contributed by atoms with E-state index in [-0.39, 0.29) is 22.4 Å². The molecule has 28 heavy (non-hydrogen) atoms. The Kier molecular flexibility index (Phi) is 4.64. The molecule has 0 N–H and O–H groups in total. The maximum Gasteiger partial charge on any atom is 0.416 e. The highest BCUT2D eigenvalue weighted by Crippen LogP contribution is 2.60. The van der Waals surface area contributed by atoms with Gasteiger partial charge in [0.15, 0.2) is 5.15 Å². The Balaban J connectivity index is 1.79. The molecule has 4 rings (SSSR count). The Morgan fingerprint density at radius 3 is 2.36 bits per heavy atom. The molecular formula is C19H12Cl2F4N2O. The van der Waals surface area contributed by atoms with Crippen LogP contribution in [-0.4, -0.2) is 9.55 Å². The lowest BCUT2D eigenvalue weighted by Gasteiger charge is -2.17. The van der Waals surface area contributed by atoms with E-state index in [2.05, 4.69) is 4.98 Å². The Hall–Kier alpha value is -2.09. The Bertz CT molecular complexity index is 1020. The summed E-state index contributed by atoms with van der Waals surface area (Å²) in [5.74, 6) is -0.463. The van der Waals surface area contributed by atoms with Crippen LogP contribution in [0, 0.1) is 5.82 Å². The molecule has 1 aromatic heterocycles. The molecule has 1 fully saturated rings. The average Bonchev–Trinajstić information content (AvgIpc) is 3.31. The van der Waals surface area contributed by atoms with Crippen molar-refractivity contribution in [2.45, 2.75) is 24.4 Å². The lowest BCUT2D eigenvalue weighted by Crippen LogP contribution is -2.20. The van der Waals surface area contributed by atoms with Crippen molar-refractivity contribution >= 4 is 23.2 Å². The second kappa shape index (κ2) is 6.76. The van der Waals surface area contributed by atoms with Gasteiger partial charge in [-0.1, -0.05) is 53.5 Å². The first-order valence-corrected chi connectivity index (χ1v) is 8.94. The summed E-state index contributed by atoms with van der Waals surface area (Å²) in [7, 11) is 0. The smallest absolute Gasteiger partial charge is 0.354 e. The van der Waals surface area contributed by atoms with Crippen LogP contribution in [-0.2, 0) is 23.1 Å². The van der Waals surface area contributed by atoms with Gasteiger partial charge in [-0.05, 0) is 29.3 Å². The predicted molar refractivity (Wildman–Crippen MR) is 95.6 cm³/mol. The summed E-state index contributed by atoms with van der Waals surface area (Å²) >= 11 is 12.0. The number of hydrogen-bond acceptors (Lipinski definition) is 2. The molecule has 2 unspecified atom stereocenters. The van der Waals surface area contributed by atoms with Crippen molar-refractivity contribution in [2.75, 3.05) is 0 Å². The van der Waals surface area contributed by atoms with Crippen LogP contribution in [0.15, 0.2) is 54.9 Å². The molecule has 0 aliphatic carbocycles. The first-order chi connectivity index (χ1) is 13.2. The van der Waals surface area contributed by atoms with E-state index in [0.29, 0.717) is 5.56 Å². The van der Waals surface area contributed by atoms with Gasteiger partial charge in [0.05, 0.1) is 18.4 Å². The second-order valence-electron chi connectivity index (χ2n) is 6.43. The quantitative estimate of drug-likeness (QED) is 0.374. The Morgan fingerprint density at radius 2 is 1.75 bits per heavy atom. The van der Waals surface area contributed by atoms with Crippen molar-refractivity contribution in [2.24, 2.45) is 0 Å². The number of halogens is 6. The van der Waals surface area contributed by atoms with E-state index < -0.39 is 29.3 Å². The Labute approximate surface area is 167 Å². The SMILES string of the molecule is Fc1ccc(C2(Cn3cnc(Cl)c3Cl)OC2c2ccccc2C(F)(F)F)cc1. The molecular weight excluding hydrogens is 419 g/mol. The van der Waals surface area contributed by atoms with E-state index in [9.17, 15) is 17.6 Å².